The summed E-state index contributed by atoms with van der Waals surface area (Å²) in [5, 5.41) is 10.6. The number of carbonyl (C=O) groups excluding carboxylic acids is 5. The van der Waals surface area contributed by atoms with Gasteiger partial charge in [0, 0.05) is 17.0 Å². The fourth-order valence-electron chi connectivity index (χ4n) is 8.92. The molecule has 4 amide bonds. The van der Waals surface area contributed by atoms with E-state index in [1.807, 2.05) is 12.1 Å². The first-order chi connectivity index (χ1) is 24.9. The van der Waals surface area contributed by atoms with Gasteiger partial charge in [0.2, 0.25) is 23.6 Å². The lowest BCUT2D eigenvalue weighted by atomic mass is 9.51. The summed E-state index contributed by atoms with van der Waals surface area (Å²) in [6.07, 6.45) is 2.24. The summed E-state index contributed by atoms with van der Waals surface area (Å²) in [5.74, 6) is -6.52. The zero-order valence-corrected chi connectivity index (χ0v) is 28.8. The van der Waals surface area contributed by atoms with Crippen LogP contribution in [-0.4, -0.2) is 41.6 Å². The van der Waals surface area contributed by atoms with Crippen LogP contribution in [0.1, 0.15) is 47.2 Å². The summed E-state index contributed by atoms with van der Waals surface area (Å²) in [4.78, 5) is 72.7. The molecule has 2 aliphatic carbocycles. The lowest BCUT2D eigenvalue weighted by Gasteiger charge is -2.49. The van der Waals surface area contributed by atoms with Crippen LogP contribution >= 0.6 is 11.6 Å². The molecule has 1 saturated carbocycles. The summed E-state index contributed by atoms with van der Waals surface area (Å²) < 4.78 is 19.4. The van der Waals surface area contributed by atoms with Gasteiger partial charge in [-0.25, -0.2) is 9.29 Å². The van der Waals surface area contributed by atoms with Gasteiger partial charge in [0.1, 0.15) is 5.82 Å². The normalized spacial score (nSPS) is 26.5. The van der Waals surface area contributed by atoms with Gasteiger partial charge in [-0.2, -0.15) is 0 Å². The first-order valence-corrected chi connectivity index (χ1v) is 17.3. The molecule has 4 aromatic rings. The van der Waals surface area contributed by atoms with Crippen molar-refractivity contribution in [3.05, 3.63) is 130 Å². The van der Waals surface area contributed by atoms with Crippen molar-refractivity contribution < 1.29 is 38.2 Å². The van der Waals surface area contributed by atoms with Gasteiger partial charge in [-0.05, 0) is 85.8 Å². The average Bonchev–Trinajstić information content (AvgIpc) is 3.52. The highest BCUT2D eigenvalue weighted by atomic mass is 35.5. The lowest BCUT2D eigenvalue weighted by Crippen LogP contribution is -2.48. The largest absolute Gasteiger partial charge is 0.504 e. The molecule has 2 saturated heterocycles. The van der Waals surface area contributed by atoms with E-state index in [4.69, 9.17) is 16.3 Å². The molecule has 3 fully saturated rings. The van der Waals surface area contributed by atoms with Gasteiger partial charge in [0.25, 0.3) is 0 Å². The number of fused-ring (bicyclic) bond motifs is 4. The maximum absolute atomic E-state index is 14.6. The molecule has 262 valence electrons. The van der Waals surface area contributed by atoms with Crippen LogP contribution in [0.4, 0.5) is 15.8 Å². The van der Waals surface area contributed by atoms with Gasteiger partial charge in [-0.15, -0.1) is 0 Å². The van der Waals surface area contributed by atoms with E-state index in [0.29, 0.717) is 22.4 Å². The molecule has 2 aliphatic heterocycles. The fraction of sp³-hybridized carbons (Fsp3) is 0.244. The third-order valence-corrected chi connectivity index (χ3v) is 11.7. The minimum absolute atomic E-state index is 0.107. The predicted molar refractivity (Wildman–Crippen MR) is 189 cm³/mol. The Morgan fingerprint density at radius 1 is 0.846 bits per heavy atom. The van der Waals surface area contributed by atoms with Crippen molar-refractivity contribution in [3.63, 3.8) is 0 Å². The number of halogens is 2. The number of carbonyl (C=O) groups is 5. The maximum Gasteiger partial charge on any atom is 0.241 e. The number of hydrogen-bond donors (Lipinski definition) is 1. The smallest absolute Gasteiger partial charge is 0.241 e. The quantitative estimate of drug-likeness (QED) is 0.131. The Morgan fingerprint density at radius 2 is 1.54 bits per heavy atom. The van der Waals surface area contributed by atoms with Gasteiger partial charge in [0.05, 0.1) is 46.7 Å². The van der Waals surface area contributed by atoms with Crippen LogP contribution in [0.3, 0.4) is 0 Å². The molecule has 11 heteroatoms. The van der Waals surface area contributed by atoms with E-state index < -0.39 is 58.5 Å². The number of amides is 4. The number of rotatable bonds is 6. The van der Waals surface area contributed by atoms with Crippen LogP contribution in [0, 0.1) is 34.9 Å². The number of ketones is 1. The molecular formula is C41H32ClFN2O7. The number of allylic oxidation sites excluding steroid dienone is 2. The molecule has 0 spiro atoms. The standard InChI is InChI=1S/C41H32ClFN2O7/c1-41-29(38(49)45(40(41)51)25-13-16-31(43)30(42)19-25)20-28-26(35(41)23-10-17-33(52-2)32(46)18-23)14-15-27-34(28)39(50)44(37(27)48)24-11-8-22(9-12-24)36(47)21-6-4-3-5-7-21/h3-14,16-19,27-29,34-35,46H,15,20H2,1-2H3. The van der Waals surface area contributed by atoms with Crippen molar-refractivity contribution >= 4 is 52.4 Å². The van der Waals surface area contributed by atoms with Crippen molar-refractivity contribution in [3.8, 4) is 11.5 Å². The first-order valence-electron chi connectivity index (χ1n) is 16.9. The minimum Gasteiger partial charge on any atom is -0.504 e. The topological polar surface area (TPSA) is 121 Å². The molecule has 6 unspecified atom stereocenters. The number of imide groups is 2. The second-order valence-electron chi connectivity index (χ2n) is 13.9. The van der Waals surface area contributed by atoms with E-state index in [1.165, 1.54) is 30.2 Å². The second-order valence-corrected chi connectivity index (χ2v) is 14.4. The van der Waals surface area contributed by atoms with Crippen molar-refractivity contribution in [2.45, 2.75) is 25.7 Å². The second kappa shape index (κ2) is 12.3. The van der Waals surface area contributed by atoms with Crippen LogP contribution < -0.4 is 14.5 Å². The van der Waals surface area contributed by atoms with Gasteiger partial charge in [-0.1, -0.05) is 59.6 Å². The predicted octanol–water partition coefficient (Wildman–Crippen LogP) is 6.86. The SMILES string of the molecule is COc1ccc(C2C3=CCC4C(=O)N(c5ccc(C(=O)c6ccccc6)cc5)C(=O)C4C3CC3C(=O)N(c4ccc(F)c(Cl)c4)C(=O)C32C)cc1O. The van der Waals surface area contributed by atoms with Crippen molar-refractivity contribution in [1.82, 2.24) is 0 Å². The molecule has 4 aliphatic rings. The molecule has 6 atom stereocenters. The average molecular weight is 719 g/mol. The Kier molecular flexibility index (Phi) is 7.91. The Bertz CT molecular complexity index is 2240. The monoisotopic (exact) mass is 718 g/mol. The number of methoxy groups -OCH3 is 1. The molecule has 2 heterocycles. The van der Waals surface area contributed by atoms with Crippen LogP contribution in [0.25, 0.3) is 0 Å². The molecule has 4 aromatic carbocycles. The molecule has 0 bridgehead atoms. The van der Waals surface area contributed by atoms with Crippen LogP contribution in [0.5, 0.6) is 11.5 Å². The molecule has 0 radical (unpaired) electrons. The van der Waals surface area contributed by atoms with E-state index in [2.05, 4.69) is 0 Å². The molecule has 9 nitrogen and oxygen atoms in total. The van der Waals surface area contributed by atoms with Crippen LogP contribution in [0.15, 0.2) is 103 Å². The summed E-state index contributed by atoms with van der Waals surface area (Å²) >= 11 is 6.09. The zero-order chi connectivity index (χ0) is 36.6. The summed E-state index contributed by atoms with van der Waals surface area (Å²) in [6.45, 7) is 1.71. The van der Waals surface area contributed by atoms with Gasteiger partial charge < -0.3 is 9.84 Å². The minimum atomic E-state index is -1.37. The number of ether oxygens (including phenoxy) is 1. The Labute approximate surface area is 303 Å². The highest BCUT2D eigenvalue weighted by Crippen LogP contribution is 2.64. The number of phenolic OH excluding ortho intramolecular Hbond substituents is 1. The van der Waals surface area contributed by atoms with Crippen molar-refractivity contribution in [1.29, 1.82) is 0 Å². The number of nitrogens with zero attached hydrogens (tertiary/aromatic N) is 2. The Morgan fingerprint density at radius 3 is 2.21 bits per heavy atom. The van der Waals surface area contributed by atoms with Gasteiger partial charge in [0.15, 0.2) is 17.3 Å². The molecule has 0 aromatic heterocycles. The Hall–Kier alpha value is -5.61. The third kappa shape index (κ3) is 4.84. The van der Waals surface area contributed by atoms with E-state index in [1.54, 1.807) is 67.6 Å². The molecular weight excluding hydrogens is 687 g/mol. The Balaban J connectivity index is 1.19. The maximum atomic E-state index is 14.6. The van der Waals surface area contributed by atoms with E-state index >= 15 is 0 Å². The number of benzene rings is 4. The summed E-state index contributed by atoms with van der Waals surface area (Å²) in [6, 6.07) is 23.6. The summed E-state index contributed by atoms with van der Waals surface area (Å²) in [7, 11) is 1.42. The van der Waals surface area contributed by atoms with Crippen LogP contribution in [0.2, 0.25) is 5.02 Å². The van der Waals surface area contributed by atoms with Gasteiger partial charge in [-0.3, -0.25) is 28.9 Å². The zero-order valence-electron chi connectivity index (χ0n) is 28.1. The van der Waals surface area contributed by atoms with Crippen molar-refractivity contribution in [2.24, 2.45) is 29.1 Å². The molecule has 52 heavy (non-hydrogen) atoms. The van der Waals surface area contributed by atoms with E-state index in [-0.39, 0.29) is 46.7 Å². The first kappa shape index (κ1) is 33.5. The van der Waals surface area contributed by atoms with Crippen molar-refractivity contribution in [2.75, 3.05) is 16.9 Å². The highest BCUT2D eigenvalue weighted by molar-refractivity contribution is 6.32. The number of aromatic hydroxyl groups is 1. The molecule has 8 rings (SSSR count). The highest BCUT2D eigenvalue weighted by Gasteiger charge is 2.67. The van der Waals surface area contributed by atoms with Gasteiger partial charge >= 0.3 is 0 Å². The number of anilines is 2. The lowest BCUT2D eigenvalue weighted by molar-refractivity contribution is -0.131. The van der Waals surface area contributed by atoms with E-state index in [9.17, 15) is 33.5 Å². The third-order valence-electron chi connectivity index (χ3n) is 11.4. The number of phenols is 1. The summed E-state index contributed by atoms with van der Waals surface area (Å²) in [5.41, 5.74) is 1.27. The fourth-order valence-corrected chi connectivity index (χ4v) is 9.10. The van der Waals surface area contributed by atoms with Crippen LogP contribution in [-0.2, 0) is 19.2 Å². The van der Waals surface area contributed by atoms with E-state index in [0.717, 1.165) is 16.5 Å². The number of hydrogen-bond acceptors (Lipinski definition) is 7. The molecule has 1 N–H and O–H groups in total.